The number of hydrogen-bond donors (Lipinski definition) is 1. The minimum atomic E-state index is -0.279. The Hall–Kier alpha value is -3.30. The topological polar surface area (TPSA) is 83.6 Å². The number of hydrogen-bond acceptors (Lipinski definition) is 7. The molecule has 1 N–H and O–H groups in total. The number of nitrogens with one attached hydrogen (secondary N) is 1. The van der Waals surface area contributed by atoms with Gasteiger partial charge >= 0.3 is 0 Å². The smallest absolute Gasteiger partial charge is 0.240 e. The van der Waals surface area contributed by atoms with Crippen LogP contribution in [-0.4, -0.2) is 91.6 Å². The van der Waals surface area contributed by atoms with Crippen molar-refractivity contribution >= 4 is 11.8 Å². The standard InChI is InChI=1S/C31H40N4O5/c1-38-26-7-2-4-22(16-26)20-35(30(36)24-5-3-6-24)25-18-27(31(37)33-12-10-32-11-13-33)34(21-25)19-23-8-9-28-29(17-23)40-15-14-39-28/h2,4,7-9,16-17,24-25,27,32H,3,5-6,10-15,18-21H2,1H3. The number of benzene rings is 2. The molecule has 3 aliphatic heterocycles. The van der Waals surface area contributed by atoms with Gasteiger partial charge in [-0.15, -0.1) is 0 Å². The molecule has 0 radical (unpaired) electrons. The molecule has 2 amide bonds. The van der Waals surface area contributed by atoms with Crippen LogP contribution in [0.2, 0.25) is 0 Å². The van der Waals surface area contributed by atoms with Gasteiger partial charge in [0.25, 0.3) is 0 Å². The molecule has 3 fully saturated rings. The van der Waals surface area contributed by atoms with Gasteiger partial charge < -0.3 is 29.3 Å². The van der Waals surface area contributed by atoms with E-state index in [1.165, 1.54) is 0 Å². The second kappa shape index (κ2) is 12.1. The zero-order valence-electron chi connectivity index (χ0n) is 23.3. The minimum absolute atomic E-state index is 0.0478. The molecule has 40 heavy (non-hydrogen) atoms. The molecule has 9 heteroatoms. The van der Waals surface area contributed by atoms with Crippen molar-refractivity contribution in [3.63, 3.8) is 0 Å². The fourth-order valence-electron chi connectivity index (χ4n) is 6.30. The highest BCUT2D eigenvalue weighted by molar-refractivity contribution is 5.83. The maximum atomic E-state index is 13.9. The third-order valence-electron chi connectivity index (χ3n) is 8.75. The van der Waals surface area contributed by atoms with E-state index < -0.39 is 0 Å². The average Bonchev–Trinajstić information content (AvgIpc) is 3.38. The molecule has 1 aliphatic carbocycles. The van der Waals surface area contributed by atoms with Crippen molar-refractivity contribution in [3.05, 3.63) is 53.6 Å². The Morgan fingerprint density at radius 3 is 2.58 bits per heavy atom. The SMILES string of the molecule is COc1cccc(CN(C(=O)C2CCC2)C2CC(C(=O)N3CCNCC3)N(Cc3ccc4c(c3)OCCO4)C2)c1. The quantitative estimate of drug-likeness (QED) is 0.543. The van der Waals surface area contributed by atoms with Crippen LogP contribution in [0.25, 0.3) is 0 Å². The van der Waals surface area contributed by atoms with Gasteiger partial charge in [0.2, 0.25) is 11.8 Å². The summed E-state index contributed by atoms with van der Waals surface area (Å²) in [6.45, 7) is 5.93. The van der Waals surface area contributed by atoms with E-state index in [1.54, 1.807) is 7.11 Å². The molecule has 0 bridgehead atoms. The number of ether oxygens (including phenoxy) is 3. The van der Waals surface area contributed by atoms with Crippen LogP contribution >= 0.6 is 0 Å². The Balaban J connectivity index is 1.27. The van der Waals surface area contributed by atoms with E-state index >= 15 is 0 Å². The van der Waals surface area contributed by atoms with Gasteiger partial charge in [0.05, 0.1) is 13.2 Å². The molecule has 9 nitrogen and oxygen atoms in total. The van der Waals surface area contributed by atoms with Crippen LogP contribution in [0.3, 0.4) is 0 Å². The van der Waals surface area contributed by atoms with Crippen molar-refractivity contribution in [1.82, 2.24) is 20.0 Å². The first-order valence-electron chi connectivity index (χ1n) is 14.6. The van der Waals surface area contributed by atoms with E-state index in [1.807, 2.05) is 35.2 Å². The Labute approximate surface area is 236 Å². The highest BCUT2D eigenvalue weighted by Gasteiger charge is 2.44. The highest BCUT2D eigenvalue weighted by atomic mass is 16.6. The summed E-state index contributed by atoms with van der Waals surface area (Å²) in [5.41, 5.74) is 2.12. The molecule has 2 saturated heterocycles. The molecule has 2 atom stereocenters. The Bertz CT molecular complexity index is 1210. The third-order valence-corrected chi connectivity index (χ3v) is 8.75. The number of methoxy groups -OCH3 is 1. The molecule has 4 aliphatic rings. The summed E-state index contributed by atoms with van der Waals surface area (Å²) in [6.07, 6.45) is 3.64. The summed E-state index contributed by atoms with van der Waals surface area (Å²) < 4.78 is 17.0. The number of carbonyl (C=O) groups excluding carboxylic acids is 2. The van der Waals surface area contributed by atoms with Gasteiger partial charge in [0, 0.05) is 57.8 Å². The zero-order chi connectivity index (χ0) is 27.5. The van der Waals surface area contributed by atoms with E-state index in [9.17, 15) is 9.59 Å². The largest absolute Gasteiger partial charge is 0.497 e. The van der Waals surface area contributed by atoms with Crippen molar-refractivity contribution in [3.8, 4) is 17.2 Å². The molecular formula is C31H40N4O5. The van der Waals surface area contributed by atoms with Crippen molar-refractivity contribution in [2.24, 2.45) is 5.92 Å². The number of carbonyl (C=O) groups is 2. The minimum Gasteiger partial charge on any atom is -0.497 e. The lowest BCUT2D eigenvalue weighted by Crippen LogP contribution is -2.52. The second-order valence-electron chi connectivity index (χ2n) is 11.3. The summed E-state index contributed by atoms with van der Waals surface area (Å²) >= 11 is 0. The van der Waals surface area contributed by atoms with Gasteiger partial charge in [0.15, 0.2) is 11.5 Å². The van der Waals surface area contributed by atoms with Gasteiger partial charge in [-0.25, -0.2) is 0 Å². The number of amides is 2. The normalized spacial score (nSPS) is 23.0. The molecule has 3 heterocycles. The van der Waals surface area contributed by atoms with E-state index in [0.717, 1.165) is 60.7 Å². The van der Waals surface area contributed by atoms with E-state index in [-0.39, 0.29) is 29.8 Å². The first-order chi connectivity index (χ1) is 19.6. The van der Waals surface area contributed by atoms with E-state index in [2.05, 4.69) is 27.2 Å². The highest BCUT2D eigenvalue weighted by Crippen LogP contribution is 2.35. The first-order valence-corrected chi connectivity index (χ1v) is 14.6. The summed E-state index contributed by atoms with van der Waals surface area (Å²) in [4.78, 5) is 34.0. The van der Waals surface area contributed by atoms with Crippen LogP contribution in [-0.2, 0) is 22.7 Å². The third kappa shape index (κ3) is 5.76. The number of rotatable bonds is 8. The Morgan fingerprint density at radius 2 is 1.82 bits per heavy atom. The average molecular weight is 549 g/mol. The molecule has 2 aromatic carbocycles. The lowest BCUT2D eigenvalue weighted by Gasteiger charge is -2.35. The summed E-state index contributed by atoms with van der Waals surface area (Å²) in [6, 6.07) is 13.7. The van der Waals surface area contributed by atoms with Crippen LogP contribution in [0.4, 0.5) is 0 Å². The summed E-state index contributed by atoms with van der Waals surface area (Å²) in [5.74, 6) is 2.77. The van der Waals surface area contributed by atoms with Crippen molar-refractivity contribution in [1.29, 1.82) is 0 Å². The number of nitrogens with zero attached hydrogens (tertiary/aromatic N) is 3. The molecular weight excluding hydrogens is 508 g/mol. The molecule has 0 spiro atoms. The van der Waals surface area contributed by atoms with Crippen LogP contribution in [0.1, 0.15) is 36.8 Å². The molecule has 1 saturated carbocycles. The Kier molecular flexibility index (Phi) is 8.11. The predicted molar refractivity (Wildman–Crippen MR) is 150 cm³/mol. The zero-order valence-corrected chi connectivity index (χ0v) is 23.3. The summed E-state index contributed by atoms with van der Waals surface area (Å²) in [7, 11) is 1.66. The van der Waals surface area contributed by atoms with Crippen LogP contribution in [0.15, 0.2) is 42.5 Å². The maximum Gasteiger partial charge on any atom is 0.240 e. The fourth-order valence-corrected chi connectivity index (χ4v) is 6.30. The second-order valence-corrected chi connectivity index (χ2v) is 11.3. The molecule has 0 aromatic heterocycles. The molecule has 2 unspecified atom stereocenters. The van der Waals surface area contributed by atoms with Gasteiger partial charge in [-0.3, -0.25) is 14.5 Å². The van der Waals surface area contributed by atoms with Gasteiger partial charge in [-0.2, -0.15) is 0 Å². The lowest BCUT2D eigenvalue weighted by atomic mass is 9.84. The summed E-state index contributed by atoms with van der Waals surface area (Å²) in [5, 5.41) is 3.35. The number of piperazine rings is 1. The van der Waals surface area contributed by atoms with Crippen molar-refractivity contribution in [2.75, 3.05) is 53.0 Å². The van der Waals surface area contributed by atoms with Crippen LogP contribution in [0, 0.1) is 5.92 Å². The van der Waals surface area contributed by atoms with Gasteiger partial charge in [-0.05, 0) is 54.7 Å². The van der Waals surface area contributed by atoms with Gasteiger partial charge in [-0.1, -0.05) is 24.6 Å². The molecule has 6 rings (SSSR count). The molecule has 2 aromatic rings. The number of fused-ring (bicyclic) bond motifs is 1. The van der Waals surface area contributed by atoms with E-state index in [4.69, 9.17) is 14.2 Å². The Morgan fingerprint density at radius 1 is 1.02 bits per heavy atom. The molecule has 214 valence electrons. The van der Waals surface area contributed by atoms with Crippen molar-refractivity contribution in [2.45, 2.75) is 50.9 Å². The van der Waals surface area contributed by atoms with Gasteiger partial charge in [0.1, 0.15) is 19.0 Å². The fraction of sp³-hybridized carbons (Fsp3) is 0.548. The monoisotopic (exact) mass is 548 g/mol. The van der Waals surface area contributed by atoms with Crippen molar-refractivity contribution < 1.29 is 23.8 Å². The van der Waals surface area contributed by atoms with Crippen LogP contribution < -0.4 is 19.5 Å². The maximum absolute atomic E-state index is 13.9. The lowest BCUT2D eigenvalue weighted by molar-refractivity contribution is -0.141. The predicted octanol–water partition coefficient (Wildman–Crippen LogP) is 2.67. The number of likely N-dealkylation sites (tertiary alicyclic amines) is 1. The van der Waals surface area contributed by atoms with E-state index in [0.29, 0.717) is 52.4 Å². The first kappa shape index (κ1) is 26.9. The van der Waals surface area contributed by atoms with Crippen LogP contribution in [0.5, 0.6) is 17.2 Å².